The number of carbonyl (C=O) groups is 1. The van der Waals surface area contributed by atoms with E-state index < -0.39 is 0 Å². The molecule has 2 amide bonds. The van der Waals surface area contributed by atoms with Gasteiger partial charge in [0.15, 0.2) is 0 Å². The normalized spacial score (nSPS) is 32.5. The second-order valence-corrected chi connectivity index (χ2v) is 6.39. The van der Waals surface area contributed by atoms with Gasteiger partial charge in [-0.05, 0) is 25.2 Å². The SMILES string of the molecule is O=C(Nc1nc(C2CC2)ns1)N[C@@H]1C[C@@H]2COC[C@@H]21. The second-order valence-electron chi connectivity index (χ2n) is 5.63. The lowest BCUT2D eigenvalue weighted by Crippen LogP contribution is -2.53. The molecule has 7 heteroatoms. The number of aromatic nitrogens is 2. The quantitative estimate of drug-likeness (QED) is 0.881. The van der Waals surface area contributed by atoms with Crippen molar-refractivity contribution in [2.45, 2.75) is 31.2 Å². The molecule has 3 fully saturated rings. The van der Waals surface area contributed by atoms with Crippen LogP contribution in [0.2, 0.25) is 0 Å². The molecule has 1 aromatic heterocycles. The summed E-state index contributed by atoms with van der Waals surface area (Å²) >= 11 is 1.26. The van der Waals surface area contributed by atoms with E-state index >= 15 is 0 Å². The lowest BCUT2D eigenvalue weighted by Gasteiger charge is -2.38. The molecule has 1 saturated heterocycles. The van der Waals surface area contributed by atoms with E-state index in [9.17, 15) is 4.79 Å². The molecular formula is C12H16N4O2S. The molecule has 4 rings (SSSR count). The molecule has 0 spiro atoms. The first-order valence-electron chi connectivity index (χ1n) is 6.78. The fourth-order valence-electron chi connectivity index (χ4n) is 2.87. The lowest BCUT2D eigenvalue weighted by molar-refractivity contribution is 0.159. The van der Waals surface area contributed by atoms with E-state index in [1.807, 2.05) is 0 Å². The number of amides is 2. The molecule has 1 aliphatic heterocycles. The van der Waals surface area contributed by atoms with E-state index in [1.54, 1.807) is 0 Å². The number of anilines is 1. The van der Waals surface area contributed by atoms with Crippen molar-refractivity contribution in [1.82, 2.24) is 14.7 Å². The van der Waals surface area contributed by atoms with Crippen LogP contribution in [-0.2, 0) is 4.74 Å². The number of carbonyl (C=O) groups excluding carboxylic acids is 1. The van der Waals surface area contributed by atoms with Gasteiger partial charge >= 0.3 is 6.03 Å². The summed E-state index contributed by atoms with van der Waals surface area (Å²) in [6, 6.07) is 0.0807. The Bertz CT molecular complexity index is 502. The number of urea groups is 1. The Kier molecular flexibility index (Phi) is 2.70. The van der Waals surface area contributed by atoms with Crippen molar-refractivity contribution in [2.24, 2.45) is 11.8 Å². The average molecular weight is 280 g/mol. The predicted octanol–water partition coefficient (Wildman–Crippen LogP) is 1.57. The van der Waals surface area contributed by atoms with Crippen LogP contribution >= 0.6 is 11.5 Å². The van der Waals surface area contributed by atoms with E-state index in [1.165, 1.54) is 24.4 Å². The maximum Gasteiger partial charge on any atom is 0.321 e. The number of rotatable bonds is 3. The molecule has 3 atom stereocenters. The fraction of sp³-hybridized carbons (Fsp3) is 0.750. The zero-order valence-corrected chi connectivity index (χ0v) is 11.3. The van der Waals surface area contributed by atoms with Crippen molar-refractivity contribution in [1.29, 1.82) is 0 Å². The fourth-order valence-corrected chi connectivity index (χ4v) is 3.51. The summed E-state index contributed by atoms with van der Waals surface area (Å²) in [5, 5.41) is 6.37. The molecular weight excluding hydrogens is 264 g/mol. The molecule has 0 unspecified atom stereocenters. The molecule has 19 heavy (non-hydrogen) atoms. The van der Waals surface area contributed by atoms with Gasteiger partial charge in [0.25, 0.3) is 0 Å². The average Bonchev–Trinajstić information content (AvgIpc) is 3.01. The predicted molar refractivity (Wildman–Crippen MR) is 70.2 cm³/mol. The number of hydrogen-bond donors (Lipinski definition) is 2. The Hall–Kier alpha value is -1.21. The summed E-state index contributed by atoms with van der Waals surface area (Å²) in [6.07, 6.45) is 3.38. The van der Waals surface area contributed by atoms with E-state index in [-0.39, 0.29) is 12.1 Å². The van der Waals surface area contributed by atoms with E-state index in [4.69, 9.17) is 4.74 Å². The third-order valence-corrected chi connectivity index (χ3v) is 4.89. The van der Waals surface area contributed by atoms with Crippen LogP contribution < -0.4 is 10.6 Å². The standard InChI is InChI=1S/C12H16N4O2S/c17-11(13-9-3-7-4-18-5-8(7)9)15-12-14-10(16-19-12)6-1-2-6/h6-9H,1-5H2,(H2,13,14,15,16,17)/t7-,8+,9-/m1/s1. The molecule has 3 aliphatic rings. The summed E-state index contributed by atoms with van der Waals surface area (Å²) in [4.78, 5) is 16.2. The molecule has 0 aromatic carbocycles. The molecule has 2 N–H and O–H groups in total. The molecule has 102 valence electrons. The van der Waals surface area contributed by atoms with Gasteiger partial charge in [0.2, 0.25) is 5.13 Å². The van der Waals surface area contributed by atoms with Gasteiger partial charge in [-0.1, -0.05) is 0 Å². The van der Waals surface area contributed by atoms with E-state index in [0.29, 0.717) is 22.9 Å². The van der Waals surface area contributed by atoms with Gasteiger partial charge in [-0.3, -0.25) is 5.32 Å². The molecule has 2 heterocycles. The van der Waals surface area contributed by atoms with Crippen molar-refractivity contribution >= 4 is 22.7 Å². The Morgan fingerprint density at radius 3 is 3.05 bits per heavy atom. The Morgan fingerprint density at radius 1 is 1.37 bits per heavy atom. The maximum absolute atomic E-state index is 11.9. The molecule has 2 aliphatic carbocycles. The van der Waals surface area contributed by atoms with Gasteiger partial charge in [-0.25, -0.2) is 9.78 Å². The van der Waals surface area contributed by atoms with Crippen LogP contribution in [0.15, 0.2) is 0 Å². The maximum atomic E-state index is 11.9. The molecule has 6 nitrogen and oxygen atoms in total. The summed E-state index contributed by atoms with van der Waals surface area (Å²) in [5.41, 5.74) is 0. The first-order chi connectivity index (χ1) is 9.29. The largest absolute Gasteiger partial charge is 0.381 e. The molecule has 2 saturated carbocycles. The van der Waals surface area contributed by atoms with Gasteiger partial charge in [0.05, 0.1) is 6.61 Å². The summed E-state index contributed by atoms with van der Waals surface area (Å²) in [7, 11) is 0. The second kappa shape index (κ2) is 4.42. The Labute approximate surface area is 115 Å². The van der Waals surface area contributed by atoms with Gasteiger partial charge in [0.1, 0.15) is 5.82 Å². The first kappa shape index (κ1) is 11.6. The van der Waals surface area contributed by atoms with Crippen molar-refractivity contribution in [2.75, 3.05) is 18.5 Å². The van der Waals surface area contributed by atoms with Crippen molar-refractivity contribution in [3.05, 3.63) is 5.82 Å². The molecule has 1 aromatic rings. The third kappa shape index (κ3) is 2.21. The Morgan fingerprint density at radius 2 is 2.26 bits per heavy atom. The number of fused-ring (bicyclic) bond motifs is 1. The highest BCUT2D eigenvalue weighted by Crippen LogP contribution is 2.40. The van der Waals surface area contributed by atoms with Crippen molar-refractivity contribution in [3.63, 3.8) is 0 Å². The summed E-state index contributed by atoms with van der Waals surface area (Å²) < 4.78 is 9.67. The minimum Gasteiger partial charge on any atom is -0.381 e. The summed E-state index contributed by atoms with van der Waals surface area (Å²) in [6.45, 7) is 1.63. The van der Waals surface area contributed by atoms with Crippen molar-refractivity contribution in [3.8, 4) is 0 Å². The number of hydrogen-bond acceptors (Lipinski definition) is 5. The monoisotopic (exact) mass is 280 g/mol. The highest BCUT2D eigenvalue weighted by atomic mass is 32.1. The smallest absolute Gasteiger partial charge is 0.321 e. The number of ether oxygens (including phenoxy) is 1. The number of nitrogens with one attached hydrogen (secondary N) is 2. The highest BCUT2D eigenvalue weighted by Gasteiger charge is 2.45. The van der Waals surface area contributed by atoms with Gasteiger partial charge < -0.3 is 10.1 Å². The number of nitrogens with zero attached hydrogens (tertiary/aromatic N) is 2. The van der Waals surface area contributed by atoms with Gasteiger partial charge in [-0.15, -0.1) is 0 Å². The lowest BCUT2D eigenvalue weighted by atomic mass is 9.71. The zero-order chi connectivity index (χ0) is 12.8. The van der Waals surface area contributed by atoms with E-state index in [0.717, 1.165) is 25.5 Å². The highest BCUT2D eigenvalue weighted by molar-refractivity contribution is 7.09. The zero-order valence-electron chi connectivity index (χ0n) is 10.5. The minimum atomic E-state index is -0.172. The Balaban J connectivity index is 1.31. The van der Waals surface area contributed by atoms with Crippen LogP contribution in [0.3, 0.4) is 0 Å². The topological polar surface area (TPSA) is 76.1 Å². The van der Waals surface area contributed by atoms with Crippen LogP contribution in [0.1, 0.15) is 31.0 Å². The molecule has 0 radical (unpaired) electrons. The van der Waals surface area contributed by atoms with Gasteiger partial charge in [0, 0.05) is 36.0 Å². The molecule has 0 bridgehead atoms. The van der Waals surface area contributed by atoms with E-state index in [2.05, 4.69) is 20.0 Å². The van der Waals surface area contributed by atoms with Gasteiger partial charge in [-0.2, -0.15) is 4.37 Å². The first-order valence-corrected chi connectivity index (χ1v) is 7.56. The van der Waals surface area contributed by atoms with Crippen LogP contribution in [0, 0.1) is 11.8 Å². The van der Waals surface area contributed by atoms with Crippen LogP contribution in [0.4, 0.5) is 9.93 Å². The third-order valence-electron chi connectivity index (χ3n) is 4.24. The minimum absolute atomic E-state index is 0.172. The van der Waals surface area contributed by atoms with Crippen molar-refractivity contribution < 1.29 is 9.53 Å². The van der Waals surface area contributed by atoms with Crippen LogP contribution in [-0.4, -0.2) is 34.6 Å². The van der Waals surface area contributed by atoms with Crippen LogP contribution in [0.25, 0.3) is 0 Å². The summed E-state index contributed by atoms with van der Waals surface area (Å²) in [5.74, 6) is 2.56. The van der Waals surface area contributed by atoms with Crippen LogP contribution in [0.5, 0.6) is 0 Å².